The van der Waals surface area contributed by atoms with Gasteiger partial charge in [0.2, 0.25) is 5.91 Å². The van der Waals surface area contributed by atoms with Crippen molar-refractivity contribution in [2.45, 2.75) is 5.03 Å². The minimum Gasteiger partial charge on any atom is -0.309 e. The fourth-order valence-corrected chi connectivity index (χ4v) is 4.23. The summed E-state index contributed by atoms with van der Waals surface area (Å²) in [5.41, 5.74) is 1.93. The zero-order chi connectivity index (χ0) is 18.6. The van der Waals surface area contributed by atoms with Crippen molar-refractivity contribution in [3.8, 4) is 11.8 Å². The van der Waals surface area contributed by atoms with Crippen molar-refractivity contribution in [1.29, 1.82) is 5.26 Å². The Morgan fingerprint density at radius 2 is 2.11 bits per heavy atom. The van der Waals surface area contributed by atoms with Crippen molar-refractivity contribution >= 4 is 45.0 Å². The Labute approximate surface area is 162 Å². The second kappa shape index (κ2) is 7.57. The lowest BCUT2D eigenvalue weighted by molar-refractivity contribution is -0.113. The molecule has 1 aromatic carbocycles. The van der Waals surface area contributed by atoms with Crippen LogP contribution in [0.3, 0.4) is 0 Å². The molecular weight excluding hydrogens is 380 g/mol. The zero-order valence-corrected chi connectivity index (χ0v) is 15.5. The van der Waals surface area contributed by atoms with E-state index in [2.05, 4.69) is 26.5 Å². The SMILES string of the molecule is N#Cc1cnn(-c2ccccc2)c1NC(=O)CSc1ncnc2ccsc12. The Hall–Kier alpha value is -3.22. The molecular formula is C18H12N6OS2. The van der Waals surface area contributed by atoms with Crippen molar-refractivity contribution in [1.82, 2.24) is 19.7 Å². The van der Waals surface area contributed by atoms with Crippen LogP contribution in [0.2, 0.25) is 0 Å². The third-order valence-electron chi connectivity index (χ3n) is 3.70. The topological polar surface area (TPSA) is 96.5 Å². The minimum absolute atomic E-state index is 0.162. The molecule has 0 fully saturated rings. The Morgan fingerprint density at radius 3 is 2.93 bits per heavy atom. The van der Waals surface area contributed by atoms with Gasteiger partial charge in [-0.3, -0.25) is 4.79 Å². The van der Waals surface area contributed by atoms with Gasteiger partial charge in [0.05, 0.1) is 27.9 Å². The minimum atomic E-state index is -0.238. The molecule has 3 heterocycles. The van der Waals surface area contributed by atoms with E-state index in [9.17, 15) is 10.1 Å². The van der Waals surface area contributed by atoms with Crippen LogP contribution in [0.25, 0.3) is 15.9 Å². The number of anilines is 1. The highest BCUT2D eigenvalue weighted by atomic mass is 32.2. The normalized spacial score (nSPS) is 10.6. The van der Waals surface area contributed by atoms with E-state index >= 15 is 0 Å². The van der Waals surface area contributed by atoms with Crippen LogP contribution in [0, 0.1) is 11.3 Å². The van der Waals surface area contributed by atoms with Gasteiger partial charge in [-0.05, 0) is 23.6 Å². The van der Waals surface area contributed by atoms with Crippen molar-refractivity contribution in [3.63, 3.8) is 0 Å². The maximum Gasteiger partial charge on any atom is 0.235 e. The highest BCUT2D eigenvalue weighted by molar-refractivity contribution is 8.00. The number of rotatable bonds is 5. The molecule has 27 heavy (non-hydrogen) atoms. The molecule has 0 unspecified atom stereocenters. The summed E-state index contributed by atoms with van der Waals surface area (Å²) in [6.07, 6.45) is 2.93. The molecule has 4 rings (SSSR count). The number of amides is 1. The molecule has 7 nitrogen and oxygen atoms in total. The summed E-state index contributed by atoms with van der Waals surface area (Å²) >= 11 is 2.88. The van der Waals surface area contributed by atoms with Crippen LogP contribution in [0.4, 0.5) is 5.82 Å². The lowest BCUT2D eigenvalue weighted by Gasteiger charge is -2.09. The second-order valence-corrected chi connectivity index (χ2v) is 7.30. The number of para-hydroxylation sites is 1. The number of carbonyl (C=O) groups excluding carboxylic acids is 1. The first kappa shape index (κ1) is 17.2. The summed E-state index contributed by atoms with van der Waals surface area (Å²) in [7, 11) is 0. The van der Waals surface area contributed by atoms with Crippen molar-refractivity contribution < 1.29 is 4.79 Å². The second-order valence-electron chi connectivity index (χ2n) is 5.42. The van der Waals surface area contributed by atoms with E-state index in [1.54, 1.807) is 16.0 Å². The van der Waals surface area contributed by atoms with Crippen LogP contribution in [-0.2, 0) is 4.79 Å². The molecule has 0 radical (unpaired) electrons. The molecule has 0 bridgehead atoms. The molecule has 0 spiro atoms. The smallest absolute Gasteiger partial charge is 0.235 e. The number of nitrogens with zero attached hydrogens (tertiary/aromatic N) is 5. The summed E-state index contributed by atoms with van der Waals surface area (Å²) in [5, 5.41) is 19.0. The highest BCUT2D eigenvalue weighted by Gasteiger charge is 2.16. The van der Waals surface area contributed by atoms with Gasteiger partial charge in [0.25, 0.3) is 0 Å². The molecule has 0 saturated heterocycles. The fourth-order valence-electron chi connectivity index (χ4n) is 2.49. The number of benzene rings is 1. The van der Waals surface area contributed by atoms with E-state index in [-0.39, 0.29) is 11.7 Å². The van der Waals surface area contributed by atoms with Gasteiger partial charge in [-0.2, -0.15) is 10.4 Å². The predicted molar refractivity (Wildman–Crippen MR) is 105 cm³/mol. The number of thioether (sulfide) groups is 1. The van der Waals surface area contributed by atoms with Crippen LogP contribution in [0.1, 0.15) is 5.56 Å². The van der Waals surface area contributed by atoms with Crippen LogP contribution in [-0.4, -0.2) is 31.4 Å². The molecule has 3 aromatic heterocycles. The number of nitriles is 1. The number of thiophene rings is 1. The number of fused-ring (bicyclic) bond motifs is 1. The van der Waals surface area contributed by atoms with Crippen LogP contribution < -0.4 is 5.32 Å². The van der Waals surface area contributed by atoms with Crippen LogP contribution in [0.5, 0.6) is 0 Å². The van der Waals surface area contributed by atoms with E-state index in [0.29, 0.717) is 11.4 Å². The summed E-state index contributed by atoms with van der Waals surface area (Å²) in [6, 6.07) is 13.3. The Bertz CT molecular complexity index is 1150. The number of nitrogens with one attached hydrogen (secondary N) is 1. The van der Waals surface area contributed by atoms with Crippen LogP contribution in [0.15, 0.2) is 59.3 Å². The van der Waals surface area contributed by atoms with Gasteiger partial charge < -0.3 is 5.32 Å². The Balaban J connectivity index is 1.52. The van der Waals surface area contributed by atoms with Gasteiger partial charge in [0, 0.05) is 0 Å². The lowest BCUT2D eigenvalue weighted by atomic mass is 10.3. The molecule has 0 aliphatic rings. The van der Waals surface area contributed by atoms with Gasteiger partial charge in [0.15, 0.2) is 5.82 Å². The summed E-state index contributed by atoms with van der Waals surface area (Å²) in [4.78, 5) is 20.9. The van der Waals surface area contributed by atoms with Crippen molar-refractivity contribution in [2.75, 3.05) is 11.1 Å². The Morgan fingerprint density at radius 1 is 1.26 bits per heavy atom. The van der Waals surface area contributed by atoms with Gasteiger partial charge >= 0.3 is 0 Å². The zero-order valence-electron chi connectivity index (χ0n) is 13.9. The first-order valence-corrected chi connectivity index (χ1v) is 9.77. The number of aromatic nitrogens is 4. The van der Waals surface area contributed by atoms with Gasteiger partial charge in [-0.25, -0.2) is 14.6 Å². The molecule has 0 aliphatic heterocycles. The largest absolute Gasteiger partial charge is 0.309 e. The van der Waals surface area contributed by atoms with E-state index in [0.717, 1.165) is 20.9 Å². The first-order chi connectivity index (χ1) is 13.3. The maximum atomic E-state index is 12.5. The van der Waals surface area contributed by atoms with Gasteiger partial charge in [-0.1, -0.05) is 30.0 Å². The van der Waals surface area contributed by atoms with Crippen molar-refractivity contribution in [2.24, 2.45) is 0 Å². The number of hydrogen-bond acceptors (Lipinski definition) is 7. The molecule has 0 saturated carbocycles. The summed E-state index contributed by atoms with van der Waals surface area (Å²) in [5.74, 6) is 0.283. The average Bonchev–Trinajstić information content (AvgIpc) is 3.34. The molecule has 0 aliphatic carbocycles. The third kappa shape index (κ3) is 3.53. The molecule has 132 valence electrons. The van der Waals surface area contributed by atoms with E-state index in [1.165, 1.54) is 24.3 Å². The fraction of sp³-hybridized carbons (Fsp3) is 0.0556. The van der Waals surface area contributed by atoms with Gasteiger partial charge in [0.1, 0.15) is 23.0 Å². The molecule has 0 atom stereocenters. The standard InChI is InChI=1S/C18H12N6OS2/c19-8-12-9-22-24(13-4-2-1-3-5-13)17(12)23-15(25)10-27-18-16-14(6-7-26-16)20-11-21-18/h1-7,9,11H,10H2,(H,23,25). The Kier molecular flexibility index (Phi) is 4.82. The maximum absolute atomic E-state index is 12.5. The first-order valence-electron chi connectivity index (χ1n) is 7.90. The van der Waals surface area contributed by atoms with Crippen molar-refractivity contribution in [3.05, 3.63) is 59.9 Å². The van der Waals surface area contributed by atoms with E-state index in [1.807, 2.05) is 41.8 Å². The average molecular weight is 392 g/mol. The molecule has 4 aromatic rings. The molecule has 1 amide bonds. The third-order valence-corrected chi connectivity index (χ3v) is 5.73. The highest BCUT2D eigenvalue weighted by Crippen LogP contribution is 2.29. The molecule has 9 heteroatoms. The van der Waals surface area contributed by atoms with Gasteiger partial charge in [-0.15, -0.1) is 11.3 Å². The quantitative estimate of drug-likeness (QED) is 0.413. The summed E-state index contributed by atoms with van der Waals surface area (Å²) in [6.45, 7) is 0. The van der Waals surface area contributed by atoms with E-state index < -0.39 is 0 Å². The number of carbonyl (C=O) groups is 1. The monoisotopic (exact) mass is 392 g/mol. The predicted octanol–water partition coefficient (Wildman–Crippen LogP) is 3.48. The van der Waals surface area contributed by atoms with E-state index in [4.69, 9.17) is 0 Å². The number of hydrogen-bond donors (Lipinski definition) is 1. The lowest BCUT2D eigenvalue weighted by Crippen LogP contribution is -2.17. The summed E-state index contributed by atoms with van der Waals surface area (Å²) < 4.78 is 2.51. The van der Waals surface area contributed by atoms with Crippen LogP contribution >= 0.6 is 23.1 Å². The molecule has 1 N–H and O–H groups in total.